The molecule has 0 atom stereocenters. The van der Waals surface area contributed by atoms with E-state index in [2.05, 4.69) is 26.3 Å². The Morgan fingerprint density at radius 2 is 2.14 bits per heavy atom. The van der Waals surface area contributed by atoms with Crippen LogP contribution in [0.3, 0.4) is 0 Å². The number of amides is 1. The van der Waals surface area contributed by atoms with Gasteiger partial charge in [0.25, 0.3) is 0 Å². The van der Waals surface area contributed by atoms with E-state index in [1.165, 1.54) is 16.9 Å². The van der Waals surface area contributed by atoms with Gasteiger partial charge in [0.2, 0.25) is 5.91 Å². The first kappa shape index (κ1) is 15.8. The van der Waals surface area contributed by atoms with E-state index in [0.717, 1.165) is 12.1 Å². The molecule has 0 fully saturated rings. The minimum atomic E-state index is -4.58. The lowest BCUT2D eigenvalue weighted by atomic mass is 10.2. The molecule has 9 heteroatoms. The molecule has 0 aliphatic heterocycles. The zero-order chi connectivity index (χ0) is 15.6. The number of carbonyl (C=O) groups excluding carboxylic acids is 1. The van der Waals surface area contributed by atoms with Crippen LogP contribution < -0.4 is 5.32 Å². The van der Waals surface area contributed by atoms with Crippen LogP contribution in [-0.2, 0) is 17.5 Å². The first-order chi connectivity index (χ1) is 9.75. The zero-order valence-corrected chi connectivity index (χ0v) is 12.6. The molecule has 0 bridgehead atoms. The van der Waals surface area contributed by atoms with Gasteiger partial charge in [-0.05, 0) is 34.1 Å². The van der Waals surface area contributed by atoms with Crippen molar-refractivity contribution < 1.29 is 18.0 Å². The molecule has 0 spiro atoms. The minimum Gasteiger partial charge on any atom is -0.324 e. The third-order valence-corrected chi connectivity index (χ3v) is 3.20. The summed E-state index contributed by atoms with van der Waals surface area (Å²) in [6.07, 6.45) is -1.51. The third-order valence-electron chi connectivity index (χ3n) is 2.46. The van der Waals surface area contributed by atoms with E-state index in [1.54, 1.807) is 6.20 Å². The molecule has 21 heavy (non-hydrogen) atoms. The van der Waals surface area contributed by atoms with Gasteiger partial charge >= 0.3 is 6.18 Å². The largest absolute Gasteiger partial charge is 0.417 e. The van der Waals surface area contributed by atoms with Crippen molar-refractivity contribution in [2.24, 2.45) is 0 Å². The number of halogens is 5. The van der Waals surface area contributed by atoms with Crippen LogP contribution in [0.5, 0.6) is 0 Å². The second-order valence-electron chi connectivity index (χ2n) is 4.10. The van der Waals surface area contributed by atoms with Gasteiger partial charge in [0, 0.05) is 11.9 Å². The van der Waals surface area contributed by atoms with Gasteiger partial charge in [0.15, 0.2) is 0 Å². The molecule has 0 unspecified atom stereocenters. The average Bonchev–Trinajstić information content (AvgIpc) is 2.75. The fourth-order valence-electron chi connectivity index (χ4n) is 1.59. The maximum absolute atomic E-state index is 12.7. The number of anilines is 1. The van der Waals surface area contributed by atoms with Crippen molar-refractivity contribution in [1.29, 1.82) is 0 Å². The predicted molar refractivity (Wildman–Crippen MR) is 75.0 cm³/mol. The summed E-state index contributed by atoms with van der Waals surface area (Å²) in [5.74, 6) is -0.499. The molecule has 1 aromatic carbocycles. The van der Waals surface area contributed by atoms with Gasteiger partial charge in [-0.25, -0.2) is 0 Å². The van der Waals surface area contributed by atoms with Gasteiger partial charge in [0.05, 0.1) is 21.3 Å². The summed E-state index contributed by atoms with van der Waals surface area (Å²) >= 11 is 8.67. The van der Waals surface area contributed by atoms with Crippen molar-refractivity contribution in [2.45, 2.75) is 12.7 Å². The first-order valence-corrected chi connectivity index (χ1v) is 6.77. The Balaban J connectivity index is 2.11. The first-order valence-electron chi connectivity index (χ1n) is 5.60. The third kappa shape index (κ3) is 4.21. The van der Waals surface area contributed by atoms with Crippen LogP contribution in [0.25, 0.3) is 0 Å². The highest BCUT2D eigenvalue weighted by molar-refractivity contribution is 9.10. The van der Waals surface area contributed by atoms with Crippen molar-refractivity contribution in [3.05, 3.63) is 45.7 Å². The highest BCUT2D eigenvalue weighted by Crippen LogP contribution is 2.36. The number of rotatable bonds is 3. The van der Waals surface area contributed by atoms with Crippen LogP contribution in [0.4, 0.5) is 18.9 Å². The van der Waals surface area contributed by atoms with Gasteiger partial charge in [-0.2, -0.15) is 18.3 Å². The van der Waals surface area contributed by atoms with Gasteiger partial charge in [-0.3, -0.25) is 9.48 Å². The van der Waals surface area contributed by atoms with Crippen molar-refractivity contribution in [3.8, 4) is 0 Å². The Morgan fingerprint density at radius 1 is 1.43 bits per heavy atom. The van der Waals surface area contributed by atoms with E-state index < -0.39 is 22.7 Å². The summed E-state index contributed by atoms with van der Waals surface area (Å²) in [6, 6.07) is 3.18. The van der Waals surface area contributed by atoms with Gasteiger partial charge in [-0.1, -0.05) is 11.6 Å². The molecule has 1 amide bonds. The molecule has 4 nitrogen and oxygen atoms in total. The standard InChI is InChI=1S/C12H8BrClF3N3O/c13-7-4-18-20(5-7)6-11(21)19-8-1-2-10(14)9(3-8)12(15,16)17/h1-5H,6H2,(H,19,21). The Labute approximate surface area is 131 Å². The van der Waals surface area contributed by atoms with Gasteiger partial charge in [0.1, 0.15) is 6.54 Å². The van der Waals surface area contributed by atoms with Gasteiger partial charge < -0.3 is 5.32 Å². The van der Waals surface area contributed by atoms with Crippen molar-refractivity contribution in [2.75, 3.05) is 5.32 Å². The summed E-state index contributed by atoms with van der Waals surface area (Å²) in [4.78, 5) is 11.7. The van der Waals surface area contributed by atoms with E-state index in [9.17, 15) is 18.0 Å². The molecule has 2 rings (SSSR count). The number of nitrogens with one attached hydrogen (secondary N) is 1. The molecule has 1 N–H and O–H groups in total. The number of hydrogen-bond acceptors (Lipinski definition) is 2. The average molecular weight is 383 g/mol. The highest BCUT2D eigenvalue weighted by atomic mass is 79.9. The van der Waals surface area contributed by atoms with E-state index in [4.69, 9.17) is 11.6 Å². The fraction of sp³-hybridized carbons (Fsp3) is 0.167. The molecular weight excluding hydrogens is 375 g/mol. The molecule has 0 saturated heterocycles. The Morgan fingerprint density at radius 3 is 2.71 bits per heavy atom. The highest BCUT2D eigenvalue weighted by Gasteiger charge is 2.33. The van der Waals surface area contributed by atoms with Crippen molar-refractivity contribution in [3.63, 3.8) is 0 Å². The number of alkyl halides is 3. The maximum atomic E-state index is 12.7. The number of benzene rings is 1. The van der Waals surface area contributed by atoms with E-state index >= 15 is 0 Å². The van der Waals surface area contributed by atoms with Crippen molar-refractivity contribution in [1.82, 2.24) is 9.78 Å². The minimum absolute atomic E-state index is 0.0166. The second kappa shape index (κ2) is 6.07. The molecular formula is C12H8BrClF3N3O. The summed E-state index contributed by atoms with van der Waals surface area (Å²) in [6.45, 7) is -0.115. The van der Waals surface area contributed by atoms with Crippen molar-refractivity contribution >= 4 is 39.1 Å². The number of hydrogen-bond donors (Lipinski definition) is 1. The predicted octanol–water partition coefficient (Wildman–Crippen LogP) is 3.96. The van der Waals surface area contributed by atoms with E-state index in [-0.39, 0.29) is 12.2 Å². The number of aromatic nitrogens is 2. The number of nitrogens with zero attached hydrogens (tertiary/aromatic N) is 2. The summed E-state index contributed by atoms with van der Waals surface area (Å²) in [7, 11) is 0. The monoisotopic (exact) mass is 381 g/mol. The summed E-state index contributed by atoms with van der Waals surface area (Å²) in [5.41, 5.74) is -0.980. The lowest BCUT2D eigenvalue weighted by Gasteiger charge is -2.11. The fourth-order valence-corrected chi connectivity index (χ4v) is 2.15. The molecule has 2 aromatic rings. The Kier molecular flexibility index (Phi) is 4.58. The Hall–Kier alpha value is -1.54. The summed E-state index contributed by atoms with van der Waals surface area (Å²) in [5, 5.41) is 5.82. The normalized spacial score (nSPS) is 11.5. The molecule has 0 aliphatic carbocycles. The lowest BCUT2D eigenvalue weighted by Crippen LogP contribution is -2.19. The molecule has 1 heterocycles. The molecule has 0 radical (unpaired) electrons. The molecule has 1 aromatic heterocycles. The summed E-state index contributed by atoms with van der Waals surface area (Å²) < 4.78 is 40.1. The molecule has 112 valence electrons. The van der Waals surface area contributed by atoms with Crippen LogP contribution in [0.15, 0.2) is 35.1 Å². The number of carbonyl (C=O) groups is 1. The van der Waals surface area contributed by atoms with E-state index in [0.29, 0.717) is 4.47 Å². The lowest BCUT2D eigenvalue weighted by molar-refractivity contribution is -0.137. The molecule has 0 aliphatic rings. The second-order valence-corrected chi connectivity index (χ2v) is 5.42. The maximum Gasteiger partial charge on any atom is 0.417 e. The van der Waals surface area contributed by atoms with Crippen LogP contribution >= 0.6 is 27.5 Å². The zero-order valence-electron chi connectivity index (χ0n) is 10.3. The SMILES string of the molecule is O=C(Cn1cc(Br)cn1)Nc1ccc(Cl)c(C(F)(F)F)c1. The van der Waals surface area contributed by atoms with Crippen LogP contribution in [0.1, 0.15) is 5.56 Å². The smallest absolute Gasteiger partial charge is 0.324 e. The Bertz CT molecular complexity index is 672. The topological polar surface area (TPSA) is 46.9 Å². The van der Waals surface area contributed by atoms with Crippen LogP contribution in [0.2, 0.25) is 5.02 Å². The van der Waals surface area contributed by atoms with E-state index in [1.807, 2.05) is 0 Å². The quantitative estimate of drug-likeness (QED) is 0.873. The molecule has 0 saturated carbocycles. The van der Waals surface area contributed by atoms with Crippen LogP contribution in [0, 0.1) is 0 Å². The van der Waals surface area contributed by atoms with Crippen LogP contribution in [-0.4, -0.2) is 15.7 Å². The van der Waals surface area contributed by atoms with Gasteiger partial charge in [-0.15, -0.1) is 0 Å².